The van der Waals surface area contributed by atoms with Crippen LogP contribution in [0.2, 0.25) is 0 Å². The Labute approximate surface area is 203 Å². The van der Waals surface area contributed by atoms with Crippen LogP contribution in [0.15, 0.2) is 67.0 Å². The number of hydrogen-bond donors (Lipinski definition) is 4. The first-order valence-electron chi connectivity index (χ1n) is 12.1. The SMILES string of the molecule is c1cc(NCc2ccc3[nH]ccc3c2)nc(NCc2ccc3[nH]c(CN4CCOCC4)cc3c2)n1. The highest BCUT2D eigenvalue weighted by atomic mass is 16.5. The molecule has 4 N–H and O–H groups in total. The molecule has 0 unspecified atom stereocenters. The van der Waals surface area contributed by atoms with Crippen molar-refractivity contribution in [2.45, 2.75) is 19.6 Å². The summed E-state index contributed by atoms with van der Waals surface area (Å²) < 4.78 is 5.45. The molecule has 1 aliphatic rings. The van der Waals surface area contributed by atoms with Gasteiger partial charge in [0, 0.05) is 67.2 Å². The summed E-state index contributed by atoms with van der Waals surface area (Å²) in [7, 11) is 0. The highest BCUT2D eigenvalue weighted by Crippen LogP contribution is 2.20. The van der Waals surface area contributed by atoms with Crippen LogP contribution < -0.4 is 10.6 Å². The van der Waals surface area contributed by atoms with Crippen LogP contribution in [0.5, 0.6) is 0 Å². The van der Waals surface area contributed by atoms with Crippen molar-refractivity contribution >= 4 is 33.6 Å². The second kappa shape index (κ2) is 9.77. The first kappa shape index (κ1) is 21.6. The molecule has 35 heavy (non-hydrogen) atoms. The molecule has 2 aromatic carbocycles. The molecule has 5 aromatic rings. The number of ether oxygens (including phenoxy) is 1. The Balaban J connectivity index is 1.07. The average Bonchev–Trinajstić information content (AvgIpc) is 3.53. The van der Waals surface area contributed by atoms with Crippen LogP contribution in [0.3, 0.4) is 0 Å². The fourth-order valence-corrected chi connectivity index (χ4v) is 4.57. The fourth-order valence-electron chi connectivity index (χ4n) is 4.57. The van der Waals surface area contributed by atoms with Crippen LogP contribution in [-0.2, 0) is 24.4 Å². The molecule has 4 heterocycles. The monoisotopic (exact) mass is 467 g/mol. The summed E-state index contributed by atoms with van der Waals surface area (Å²) in [5.41, 5.74) is 5.95. The molecular weight excluding hydrogens is 438 g/mol. The van der Waals surface area contributed by atoms with Gasteiger partial charge in [-0.15, -0.1) is 0 Å². The van der Waals surface area contributed by atoms with E-state index in [0.29, 0.717) is 19.0 Å². The Morgan fingerprint density at radius 1 is 0.857 bits per heavy atom. The van der Waals surface area contributed by atoms with Crippen molar-refractivity contribution in [2.24, 2.45) is 0 Å². The summed E-state index contributed by atoms with van der Waals surface area (Å²) >= 11 is 0. The average molecular weight is 468 g/mol. The molecule has 6 rings (SSSR count). The van der Waals surface area contributed by atoms with Crippen molar-refractivity contribution in [3.05, 3.63) is 83.8 Å². The van der Waals surface area contributed by atoms with E-state index in [4.69, 9.17) is 4.74 Å². The largest absolute Gasteiger partial charge is 0.379 e. The number of hydrogen-bond acceptors (Lipinski definition) is 6. The lowest BCUT2D eigenvalue weighted by Crippen LogP contribution is -2.35. The minimum absolute atomic E-state index is 0.609. The van der Waals surface area contributed by atoms with E-state index in [0.717, 1.165) is 49.7 Å². The number of anilines is 2. The Hall–Kier alpha value is -3.88. The van der Waals surface area contributed by atoms with Crippen molar-refractivity contribution in [3.8, 4) is 0 Å². The molecule has 0 amide bonds. The Morgan fingerprint density at radius 3 is 2.54 bits per heavy atom. The van der Waals surface area contributed by atoms with E-state index in [1.807, 2.05) is 12.3 Å². The summed E-state index contributed by atoms with van der Waals surface area (Å²) in [4.78, 5) is 18.2. The van der Waals surface area contributed by atoms with E-state index in [2.05, 4.69) is 84.0 Å². The first-order valence-corrected chi connectivity index (χ1v) is 12.1. The van der Waals surface area contributed by atoms with Gasteiger partial charge in [-0.2, -0.15) is 4.98 Å². The zero-order valence-electron chi connectivity index (χ0n) is 19.6. The Bertz CT molecular complexity index is 1430. The summed E-state index contributed by atoms with van der Waals surface area (Å²) in [5, 5.41) is 9.19. The van der Waals surface area contributed by atoms with Crippen molar-refractivity contribution in [2.75, 3.05) is 36.9 Å². The van der Waals surface area contributed by atoms with Crippen molar-refractivity contribution in [3.63, 3.8) is 0 Å². The van der Waals surface area contributed by atoms with Gasteiger partial charge in [-0.05, 0) is 59.0 Å². The molecule has 0 atom stereocenters. The smallest absolute Gasteiger partial charge is 0.224 e. The molecule has 0 spiro atoms. The zero-order chi connectivity index (χ0) is 23.5. The highest BCUT2D eigenvalue weighted by Gasteiger charge is 2.12. The van der Waals surface area contributed by atoms with Gasteiger partial charge in [-0.1, -0.05) is 12.1 Å². The van der Waals surface area contributed by atoms with Gasteiger partial charge in [-0.25, -0.2) is 4.98 Å². The van der Waals surface area contributed by atoms with E-state index in [1.165, 1.54) is 27.6 Å². The number of rotatable bonds is 8. The minimum atomic E-state index is 0.609. The number of nitrogens with zero attached hydrogens (tertiary/aromatic N) is 3. The van der Waals surface area contributed by atoms with Crippen LogP contribution >= 0.6 is 0 Å². The third-order valence-electron chi connectivity index (χ3n) is 6.44. The maximum atomic E-state index is 5.45. The number of H-pyrrole nitrogens is 2. The molecule has 0 aliphatic carbocycles. The Kier molecular flexibility index (Phi) is 6.04. The molecule has 1 fully saturated rings. The molecule has 3 aromatic heterocycles. The van der Waals surface area contributed by atoms with Gasteiger partial charge in [0.2, 0.25) is 5.95 Å². The third kappa shape index (κ3) is 5.13. The molecule has 0 saturated carbocycles. The van der Waals surface area contributed by atoms with Gasteiger partial charge in [-0.3, -0.25) is 4.90 Å². The van der Waals surface area contributed by atoms with E-state index < -0.39 is 0 Å². The minimum Gasteiger partial charge on any atom is -0.379 e. The molecule has 8 nitrogen and oxygen atoms in total. The highest BCUT2D eigenvalue weighted by molar-refractivity contribution is 5.81. The summed E-state index contributed by atoms with van der Waals surface area (Å²) in [6, 6.07) is 19.1. The van der Waals surface area contributed by atoms with Gasteiger partial charge in [0.25, 0.3) is 0 Å². The molecule has 1 aliphatic heterocycles. The van der Waals surface area contributed by atoms with Crippen molar-refractivity contribution in [1.82, 2.24) is 24.8 Å². The molecule has 0 radical (unpaired) electrons. The number of morpholine rings is 1. The van der Waals surface area contributed by atoms with Crippen LogP contribution in [0, 0.1) is 0 Å². The number of fused-ring (bicyclic) bond motifs is 2. The molecular formula is C27H29N7O. The summed E-state index contributed by atoms with van der Waals surface area (Å²) in [6.07, 6.45) is 3.74. The lowest BCUT2D eigenvalue weighted by molar-refractivity contribution is 0.0337. The predicted octanol–water partition coefficient (Wildman–Crippen LogP) is 4.50. The summed E-state index contributed by atoms with van der Waals surface area (Å²) in [6.45, 7) is 5.90. The second-order valence-electron chi connectivity index (χ2n) is 8.98. The zero-order valence-corrected chi connectivity index (χ0v) is 19.6. The molecule has 8 heteroatoms. The maximum absolute atomic E-state index is 5.45. The molecule has 1 saturated heterocycles. The van der Waals surface area contributed by atoms with Crippen LogP contribution in [0.4, 0.5) is 11.8 Å². The van der Waals surface area contributed by atoms with Gasteiger partial charge < -0.3 is 25.3 Å². The predicted molar refractivity (Wildman–Crippen MR) is 139 cm³/mol. The summed E-state index contributed by atoms with van der Waals surface area (Å²) in [5.74, 6) is 1.41. The number of aromatic amines is 2. The topological polar surface area (TPSA) is 93.9 Å². The van der Waals surface area contributed by atoms with Gasteiger partial charge in [0.15, 0.2) is 0 Å². The number of nitrogens with one attached hydrogen (secondary N) is 4. The normalized spacial score (nSPS) is 14.5. The Morgan fingerprint density at radius 2 is 1.66 bits per heavy atom. The standard InChI is InChI=1S/C27H29N7O/c1-3-24-21(5-7-28-24)13-19(1)16-30-26-6-8-29-27(33-26)31-17-20-2-4-25-22(14-20)15-23(32-25)18-34-9-11-35-12-10-34/h1-8,13-15,28,32H,9-12,16-18H2,(H2,29,30,31,33). The lowest BCUT2D eigenvalue weighted by atomic mass is 10.1. The second-order valence-corrected chi connectivity index (χ2v) is 8.98. The third-order valence-corrected chi connectivity index (χ3v) is 6.44. The number of benzene rings is 2. The van der Waals surface area contributed by atoms with E-state index in [1.54, 1.807) is 6.20 Å². The van der Waals surface area contributed by atoms with Crippen molar-refractivity contribution in [1.29, 1.82) is 0 Å². The van der Waals surface area contributed by atoms with Gasteiger partial charge in [0.1, 0.15) is 5.82 Å². The molecule has 178 valence electrons. The van der Waals surface area contributed by atoms with E-state index >= 15 is 0 Å². The van der Waals surface area contributed by atoms with Crippen molar-refractivity contribution < 1.29 is 4.74 Å². The van der Waals surface area contributed by atoms with Crippen LogP contribution in [0.1, 0.15) is 16.8 Å². The maximum Gasteiger partial charge on any atom is 0.224 e. The lowest BCUT2D eigenvalue weighted by Gasteiger charge is -2.25. The van der Waals surface area contributed by atoms with Gasteiger partial charge >= 0.3 is 0 Å². The van der Waals surface area contributed by atoms with E-state index in [9.17, 15) is 0 Å². The fraction of sp³-hybridized carbons (Fsp3) is 0.259. The van der Waals surface area contributed by atoms with Crippen LogP contribution in [0.25, 0.3) is 21.8 Å². The van der Waals surface area contributed by atoms with Crippen LogP contribution in [-0.4, -0.2) is 51.1 Å². The number of aromatic nitrogens is 4. The van der Waals surface area contributed by atoms with E-state index in [-0.39, 0.29) is 0 Å². The molecule has 0 bridgehead atoms. The van der Waals surface area contributed by atoms with Gasteiger partial charge in [0.05, 0.1) is 13.2 Å². The quantitative estimate of drug-likeness (QED) is 0.269. The first-order chi connectivity index (χ1) is 17.3.